The standard InChI is InChI=1S/C22H22N6O3S2/c1-15-7-9-17(10-8-15)33(30,31)28(3)22-18(13-25-27(22)2)20(29)24-12-16-14-32-21(26-16)19-6-4-5-11-23-19/h4-11,13-14H,12H2,1-3H3,(H,24,29). The molecule has 0 aliphatic heterocycles. The predicted octanol–water partition coefficient (Wildman–Crippen LogP) is 3.00. The maximum absolute atomic E-state index is 13.1. The number of hydrogen-bond acceptors (Lipinski definition) is 7. The van der Waals surface area contributed by atoms with Gasteiger partial charge in [0, 0.05) is 25.7 Å². The fourth-order valence-electron chi connectivity index (χ4n) is 3.21. The van der Waals surface area contributed by atoms with Gasteiger partial charge in [-0.1, -0.05) is 23.8 Å². The molecule has 9 nitrogen and oxygen atoms in total. The number of anilines is 1. The van der Waals surface area contributed by atoms with Crippen molar-refractivity contribution in [1.29, 1.82) is 0 Å². The summed E-state index contributed by atoms with van der Waals surface area (Å²) in [6.07, 6.45) is 3.05. The van der Waals surface area contributed by atoms with Crippen LogP contribution in [0.3, 0.4) is 0 Å². The normalized spacial score (nSPS) is 11.4. The van der Waals surface area contributed by atoms with E-state index >= 15 is 0 Å². The van der Waals surface area contributed by atoms with E-state index in [-0.39, 0.29) is 22.8 Å². The molecule has 0 unspecified atom stereocenters. The zero-order valence-electron chi connectivity index (χ0n) is 18.3. The van der Waals surface area contributed by atoms with Crippen molar-refractivity contribution in [3.63, 3.8) is 0 Å². The van der Waals surface area contributed by atoms with E-state index in [9.17, 15) is 13.2 Å². The first kappa shape index (κ1) is 22.6. The molecule has 0 fully saturated rings. The topological polar surface area (TPSA) is 110 Å². The number of aryl methyl sites for hydroxylation is 2. The van der Waals surface area contributed by atoms with Crippen molar-refractivity contribution in [2.45, 2.75) is 18.4 Å². The van der Waals surface area contributed by atoms with Gasteiger partial charge in [-0.15, -0.1) is 11.3 Å². The number of hydrogen-bond donors (Lipinski definition) is 1. The molecule has 3 heterocycles. The SMILES string of the molecule is Cc1ccc(S(=O)(=O)N(C)c2c(C(=O)NCc3csc(-c4ccccn4)n3)cnn2C)cc1. The number of pyridine rings is 1. The lowest BCUT2D eigenvalue weighted by Crippen LogP contribution is -2.31. The summed E-state index contributed by atoms with van der Waals surface area (Å²) in [4.78, 5) is 21.8. The second kappa shape index (κ2) is 9.12. The Hall–Kier alpha value is -3.57. The zero-order chi connectivity index (χ0) is 23.6. The summed E-state index contributed by atoms with van der Waals surface area (Å²) < 4.78 is 28.7. The van der Waals surface area contributed by atoms with Crippen molar-refractivity contribution in [3.8, 4) is 10.7 Å². The molecule has 0 saturated heterocycles. The highest BCUT2D eigenvalue weighted by atomic mass is 32.2. The Bertz CT molecular complexity index is 1380. The van der Waals surface area contributed by atoms with Gasteiger partial charge in [0.25, 0.3) is 15.9 Å². The van der Waals surface area contributed by atoms with Crippen LogP contribution in [0.1, 0.15) is 21.6 Å². The lowest BCUT2D eigenvalue weighted by Gasteiger charge is -2.21. The predicted molar refractivity (Wildman–Crippen MR) is 126 cm³/mol. The molecule has 0 saturated carbocycles. The third-order valence-corrected chi connectivity index (χ3v) is 7.67. The number of nitrogens with one attached hydrogen (secondary N) is 1. The number of amides is 1. The monoisotopic (exact) mass is 482 g/mol. The van der Waals surface area contributed by atoms with E-state index in [0.29, 0.717) is 5.69 Å². The third kappa shape index (κ3) is 4.64. The molecule has 4 aromatic rings. The Labute approximate surface area is 195 Å². The molecule has 11 heteroatoms. The van der Waals surface area contributed by atoms with Crippen LogP contribution in [0.25, 0.3) is 10.7 Å². The number of sulfonamides is 1. The number of rotatable bonds is 7. The molecule has 0 aliphatic rings. The molecule has 1 amide bonds. The highest BCUT2D eigenvalue weighted by Crippen LogP contribution is 2.26. The first-order valence-electron chi connectivity index (χ1n) is 9.99. The zero-order valence-corrected chi connectivity index (χ0v) is 19.9. The first-order chi connectivity index (χ1) is 15.8. The van der Waals surface area contributed by atoms with E-state index in [4.69, 9.17) is 0 Å². The van der Waals surface area contributed by atoms with Gasteiger partial charge in [-0.05, 0) is 31.2 Å². The number of carbonyl (C=O) groups excluding carboxylic acids is 1. The molecule has 33 heavy (non-hydrogen) atoms. The minimum atomic E-state index is -3.88. The smallest absolute Gasteiger partial charge is 0.265 e. The Morgan fingerprint density at radius 3 is 2.64 bits per heavy atom. The van der Waals surface area contributed by atoms with Crippen LogP contribution in [0.15, 0.2) is 65.1 Å². The summed E-state index contributed by atoms with van der Waals surface area (Å²) in [5, 5.41) is 9.51. The fourth-order valence-corrected chi connectivity index (χ4v) is 5.24. The number of benzene rings is 1. The summed E-state index contributed by atoms with van der Waals surface area (Å²) in [6.45, 7) is 2.07. The van der Waals surface area contributed by atoms with Crippen LogP contribution in [0.4, 0.5) is 5.82 Å². The van der Waals surface area contributed by atoms with E-state index in [0.717, 1.165) is 20.6 Å². The lowest BCUT2D eigenvalue weighted by atomic mass is 10.2. The van der Waals surface area contributed by atoms with Crippen LogP contribution < -0.4 is 9.62 Å². The molecule has 1 aromatic carbocycles. The second-order valence-corrected chi connectivity index (χ2v) is 10.2. The van der Waals surface area contributed by atoms with E-state index in [1.54, 1.807) is 37.5 Å². The van der Waals surface area contributed by atoms with Crippen LogP contribution in [0, 0.1) is 6.92 Å². The van der Waals surface area contributed by atoms with Gasteiger partial charge in [0.1, 0.15) is 10.6 Å². The summed E-state index contributed by atoms with van der Waals surface area (Å²) in [7, 11) is -0.881. The van der Waals surface area contributed by atoms with E-state index in [1.807, 2.05) is 30.5 Å². The van der Waals surface area contributed by atoms with Crippen molar-refractivity contribution >= 4 is 33.1 Å². The van der Waals surface area contributed by atoms with Gasteiger partial charge in [-0.25, -0.2) is 13.4 Å². The maximum atomic E-state index is 13.1. The molecule has 4 rings (SSSR count). The van der Waals surface area contributed by atoms with E-state index in [1.165, 1.54) is 29.3 Å². The minimum Gasteiger partial charge on any atom is -0.346 e. The lowest BCUT2D eigenvalue weighted by molar-refractivity contribution is 0.0951. The average molecular weight is 483 g/mol. The van der Waals surface area contributed by atoms with Gasteiger partial charge in [0.2, 0.25) is 0 Å². The second-order valence-electron chi connectivity index (χ2n) is 7.33. The van der Waals surface area contributed by atoms with E-state index in [2.05, 4.69) is 20.4 Å². The first-order valence-corrected chi connectivity index (χ1v) is 12.3. The number of carbonyl (C=O) groups is 1. The van der Waals surface area contributed by atoms with Crippen LogP contribution >= 0.6 is 11.3 Å². The van der Waals surface area contributed by atoms with Crippen LogP contribution in [0.5, 0.6) is 0 Å². The highest BCUT2D eigenvalue weighted by molar-refractivity contribution is 7.92. The Morgan fingerprint density at radius 2 is 1.94 bits per heavy atom. The van der Waals surface area contributed by atoms with Crippen LogP contribution in [-0.4, -0.2) is 41.1 Å². The number of nitrogens with zero attached hydrogens (tertiary/aromatic N) is 5. The molecule has 1 N–H and O–H groups in total. The number of thiazole rings is 1. The maximum Gasteiger partial charge on any atom is 0.265 e. The van der Waals surface area contributed by atoms with Crippen molar-refractivity contribution in [1.82, 2.24) is 25.1 Å². The molecule has 0 radical (unpaired) electrons. The summed E-state index contributed by atoms with van der Waals surface area (Å²) in [6, 6.07) is 12.1. The summed E-state index contributed by atoms with van der Waals surface area (Å²) in [5.74, 6) is -0.281. The molecule has 170 valence electrons. The molecule has 0 bridgehead atoms. The molecule has 0 spiro atoms. The number of aromatic nitrogens is 4. The highest BCUT2D eigenvalue weighted by Gasteiger charge is 2.28. The third-order valence-electron chi connectivity index (χ3n) is 5.00. The Balaban J connectivity index is 1.52. The van der Waals surface area contributed by atoms with Crippen LogP contribution in [-0.2, 0) is 23.6 Å². The largest absolute Gasteiger partial charge is 0.346 e. The van der Waals surface area contributed by atoms with Crippen molar-refractivity contribution in [2.75, 3.05) is 11.4 Å². The van der Waals surface area contributed by atoms with E-state index < -0.39 is 15.9 Å². The van der Waals surface area contributed by atoms with Gasteiger partial charge in [0.15, 0.2) is 5.82 Å². The van der Waals surface area contributed by atoms with Crippen molar-refractivity contribution in [3.05, 3.63) is 77.1 Å². The average Bonchev–Trinajstić information content (AvgIpc) is 3.44. The quantitative estimate of drug-likeness (QED) is 0.434. The van der Waals surface area contributed by atoms with Crippen molar-refractivity contribution < 1.29 is 13.2 Å². The van der Waals surface area contributed by atoms with Crippen molar-refractivity contribution in [2.24, 2.45) is 7.05 Å². The molecular weight excluding hydrogens is 460 g/mol. The molecule has 0 atom stereocenters. The van der Waals surface area contributed by atoms with Gasteiger partial charge >= 0.3 is 0 Å². The molecule has 0 aliphatic carbocycles. The molecular formula is C22H22N6O3S2. The van der Waals surface area contributed by atoms with Gasteiger partial charge < -0.3 is 5.32 Å². The Kier molecular flexibility index (Phi) is 6.25. The summed E-state index contributed by atoms with van der Waals surface area (Å²) in [5.41, 5.74) is 2.54. The van der Waals surface area contributed by atoms with Gasteiger partial charge in [-0.2, -0.15) is 5.10 Å². The van der Waals surface area contributed by atoms with Crippen LogP contribution in [0.2, 0.25) is 0 Å². The minimum absolute atomic E-state index is 0.132. The fraction of sp³-hybridized carbons (Fsp3) is 0.182. The molecule has 3 aromatic heterocycles. The Morgan fingerprint density at radius 1 is 1.18 bits per heavy atom. The van der Waals surface area contributed by atoms with Gasteiger partial charge in [0.05, 0.1) is 29.0 Å². The van der Waals surface area contributed by atoms with Gasteiger partial charge in [-0.3, -0.25) is 18.8 Å². The summed E-state index contributed by atoms with van der Waals surface area (Å²) >= 11 is 1.44.